The fraction of sp³-hybridized carbons (Fsp3) is 0.148. The first kappa shape index (κ1) is 17.7. The summed E-state index contributed by atoms with van der Waals surface area (Å²) in [7, 11) is -1.71. The molecular weight excluding hydrogens is 382 g/mol. The van der Waals surface area contributed by atoms with Gasteiger partial charge in [-0.25, -0.2) is 0 Å². The molecule has 146 valence electrons. The number of pyridine rings is 1. The SMILES string of the molecule is Cc1cnc(-c2cccc3c2oc2cc4c(cc23)-c2ccccc2[Si]4(C)C)cc1C. The van der Waals surface area contributed by atoms with Gasteiger partial charge in [0, 0.05) is 22.5 Å². The predicted molar refractivity (Wildman–Crippen MR) is 129 cm³/mol. The molecular formula is C27H23NOSi. The Kier molecular flexibility index (Phi) is 3.49. The maximum Gasteiger partial charge on any atom is 0.144 e. The molecule has 6 rings (SSSR count). The number of aryl methyl sites for hydroxylation is 2. The van der Waals surface area contributed by atoms with Crippen LogP contribution in [0.25, 0.3) is 44.3 Å². The van der Waals surface area contributed by atoms with Gasteiger partial charge in [0.25, 0.3) is 0 Å². The van der Waals surface area contributed by atoms with Crippen molar-refractivity contribution in [1.82, 2.24) is 4.98 Å². The standard InChI is InChI=1S/C27H23NOSi/c1-16-12-23(28-15-17(16)2)20-10-7-9-19-21-13-22-18-8-5-6-11-25(18)30(3,4)26(22)14-24(21)29-27(19)20/h5-15H,1-4H3. The van der Waals surface area contributed by atoms with E-state index in [0.717, 1.165) is 27.8 Å². The van der Waals surface area contributed by atoms with Crippen molar-refractivity contribution < 1.29 is 4.42 Å². The monoisotopic (exact) mass is 405 g/mol. The first-order valence-electron chi connectivity index (χ1n) is 10.5. The number of aromatic nitrogens is 1. The average Bonchev–Trinajstić information content (AvgIpc) is 3.22. The number of fused-ring (bicyclic) bond motifs is 6. The van der Waals surface area contributed by atoms with Gasteiger partial charge >= 0.3 is 0 Å². The van der Waals surface area contributed by atoms with Crippen molar-refractivity contribution >= 4 is 40.4 Å². The molecule has 2 aromatic heterocycles. The zero-order valence-electron chi connectivity index (χ0n) is 17.7. The third-order valence-corrected chi connectivity index (χ3v) is 10.4. The highest BCUT2D eigenvalue weighted by Gasteiger charge is 2.37. The lowest BCUT2D eigenvalue weighted by atomic mass is 10.0. The van der Waals surface area contributed by atoms with Gasteiger partial charge in [0.05, 0.1) is 5.69 Å². The molecule has 0 atom stereocenters. The summed E-state index contributed by atoms with van der Waals surface area (Å²) in [6.07, 6.45) is 1.95. The molecule has 0 aliphatic carbocycles. The topological polar surface area (TPSA) is 26.0 Å². The first-order chi connectivity index (χ1) is 14.4. The van der Waals surface area contributed by atoms with E-state index in [4.69, 9.17) is 9.40 Å². The minimum absolute atomic E-state index is 0.930. The van der Waals surface area contributed by atoms with Crippen LogP contribution in [0.15, 0.2) is 71.3 Å². The van der Waals surface area contributed by atoms with Gasteiger partial charge in [-0.2, -0.15) is 0 Å². The van der Waals surface area contributed by atoms with Crippen LogP contribution < -0.4 is 10.4 Å². The molecule has 0 amide bonds. The number of hydrogen-bond acceptors (Lipinski definition) is 2. The van der Waals surface area contributed by atoms with E-state index in [-0.39, 0.29) is 0 Å². The van der Waals surface area contributed by atoms with Crippen LogP contribution >= 0.6 is 0 Å². The molecule has 0 bridgehead atoms. The Morgan fingerprint density at radius 3 is 2.37 bits per heavy atom. The second-order valence-corrected chi connectivity index (χ2v) is 13.3. The molecule has 5 aromatic rings. The minimum Gasteiger partial charge on any atom is -0.455 e. The zero-order chi connectivity index (χ0) is 20.6. The molecule has 3 heteroatoms. The third kappa shape index (κ3) is 2.27. The molecule has 3 aromatic carbocycles. The van der Waals surface area contributed by atoms with Gasteiger partial charge in [0.1, 0.15) is 19.2 Å². The van der Waals surface area contributed by atoms with Crippen molar-refractivity contribution in [3.63, 3.8) is 0 Å². The summed E-state index contributed by atoms with van der Waals surface area (Å²) in [5.41, 5.74) is 9.17. The van der Waals surface area contributed by atoms with Crippen LogP contribution in [0.4, 0.5) is 0 Å². The molecule has 1 aliphatic heterocycles. The second-order valence-electron chi connectivity index (χ2n) is 9.00. The lowest BCUT2D eigenvalue weighted by Crippen LogP contribution is -2.49. The van der Waals surface area contributed by atoms with E-state index in [0.29, 0.717) is 0 Å². The Balaban J connectivity index is 1.66. The highest BCUT2D eigenvalue weighted by molar-refractivity contribution is 7.03. The van der Waals surface area contributed by atoms with E-state index in [2.05, 4.69) is 87.6 Å². The highest BCUT2D eigenvalue weighted by Crippen LogP contribution is 2.38. The van der Waals surface area contributed by atoms with Gasteiger partial charge in [-0.05, 0) is 70.7 Å². The van der Waals surface area contributed by atoms with E-state index in [1.54, 1.807) is 0 Å². The van der Waals surface area contributed by atoms with Crippen LogP contribution in [0, 0.1) is 13.8 Å². The summed E-state index contributed by atoms with van der Waals surface area (Å²) < 4.78 is 6.51. The molecule has 0 saturated carbocycles. The Labute approximate surface area is 177 Å². The number of para-hydroxylation sites is 1. The van der Waals surface area contributed by atoms with Crippen molar-refractivity contribution in [3.05, 3.63) is 78.0 Å². The van der Waals surface area contributed by atoms with Crippen molar-refractivity contribution in [1.29, 1.82) is 0 Å². The Bertz CT molecular complexity index is 1490. The van der Waals surface area contributed by atoms with E-state index in [1.807, 2.05) is 6.20 Å². The second kappa shape index (κ2) is 5.93. The van der Waals surface area contributed by atoms with Gasteiger partial charge in [-0.1, -0.05) is 49.5 Å². The van der Waals surface area contributed by atoms with Gasteiger partial charge in [-0.3, -0.25) is 4.98 Å². The van der Waals surface area contributed by atoms with Crippen LogP contribution in [0.3, 0.4) is 0 Å². The summed E-state index contributed by atoms with van der Waals surface area (Å²) >= 11 is 0. The van der Waals surface area contributed by atoms with E-state index >= 15 is 0 Å². The smallest absolute Gasteiger partial charge is 0.144 e. The van der Waals surface area contributed by atoms with Gasteiger partial charge < -0.3 is 4.42 Å². The lowest BCUT2D eigenvalue weighted by molar-refractivity contribution is 0.670. The maximum absolute atomic E-state index is 6.51. The summed E-state index contributed by atoms with van der Waals surface area (Å²) in [6.45, 7) is 9.11. The van der Waals surface area contributed by atoms with Crippen LogP contribution in [0.2, 0.25) is 13.1 Å². The quantitative estimate of drug-likeness (QED) is 0.316. The Morgan fingerprint density at radius 2 is 1.53 bits per heavy atom. The maximum atomic E-state index is 6.51. The third-order valence-electron chi connectivity index (χ3n) is 6.85. The van der Waals surface area contributed by atoms with E-state index in [9.17, 15) is 0 Å². The summed E-state index contributed by atoms with van der Waals surface area (Å²) in [5.74, 6) is 0. The molecule has 0 N–H and O–H groups in total. The molecule has 0 spiro atoms. The lowest BCUT2D eigenvalue weighted by Gasteiger charge is -2.18. The van der Waals surface area contributed by atoms with Gasteiger partial charge in [-0.15, -0.1) is 0 Å². The van der Waals surface area contributed by atoms with Crippen molar-refractivity contribution in [3.8, 4) is 22.4 Å². The molecule has 0 saturated heterocycles. The molecule has 3 heterocycles. The molecule has 0 fully saturated rings. The van der Waals surface area contributed by atoms with Crippen LogP contribution in [0.1, 0.15) is 11.1 Å². The Hall–Kier alpha value is -3.17. The van der Waals surface area contributed by atoms with Crippen molar-refractivity contribution in [2.75, 3.05) is 0 Å². The summed E-state index contributed by atoms with van der Waals surface area (Å²) in [6, 6.07) is 22.1. The van der Waals surface area contributed by atoms with Crippen LogP contribution in [0.5, 0.6) is 0 Å². The first-order valence-corrected chi connectivity index (χ1v) is 13.5. The molecule has 1 aliphatic rings. The average molecular weight is 406 g/mol. The van der Waals surface area contributed by atoms with E-state index in [1.165, 1.54) is 38.0 Å². The minimum atomic E-state index is -1.71. The number of benzene rings is 3. The van der Waals surface area contributed by atoms with Crippen LogP contribution in [-0.4, -0.2) is 13.1 Å². The van der Waals surface area contributed by atoms with Gasteiger partial charge in [0.15, 0.2) is 0 Å². The molecule has 0 unspecified atom stereocenters. The van der Waals surface area contributed by atoms with Crippen molar-refractivity contribution in [2.24, 2.45) is 0 Å². The van der Waals surface area contributed by atoms with Crippen molar-refractivity contribution in [2.45, 2.75) is 26.9 Å². The fourth-order valence-electron chi connectivity index (χ4n) is 4.97. The molecule has 0 radical (unpaired) electrons. The summed E-state index contributed by atoms with van der Waals surface area (Å²) in [4.78, 5) is 4.69. The Morgan fingerprint density at radius 1 is 0.733 bits per heavy atom. The molecule has 2 nitrogen and oxygen atoms in total. The normalized spacial score (nSPS) is 14.3. The fourth-order valence-corrected chi connectivity index (χ4v) is 8.03. The largest absolute Gasteiger partial charge is 0.455 e. The zero-order valence-corrected chi connectivity index (χ0v) is 18.7. The number of furan rings is 1. The predicted octanol–water partition coefficient (Wildman–Crippen LogP) is 6.07. The molecule has 30 heavy (non-hydrogen) atoms. The van der Waals surface area contributed by atoms with E-state index < -0.39 is 8.07 Å². The number of hydrogen-bond donors (Lipinski definition) is 0. The summed E-state index contributed by atoms with van der Waals surface area (Å²) in [5, 5.41) is 5.35. The highest BCUT2D eigenvalue weighted by atomic mass is 28.3. The van der Waals surface area contributed by atoms with Crippen LogP contribution in [-0.2, 0) is 0 Å². The number of rotatable bonds is 1. The number of nitrogens with zero attached hydrogens (tertiary/aromatic N) is 1. The van der Waals surface area contributed by atoms with Gasteiger partial charge in [0.2, 0.25) is 0 Å².